The quantitative estimate of drug-likeness (QED) is 0.232. The van der Waals surface area contributed by atoms with Gasteiger partial charge in [0, 0.05) is 33.2 Å². The number of hydrogen-bond donors (Lipinski definition) is 0. The van der Waals surface area contributed by atoms with E-state index in [1.54, 1.807) is 4.90 Å². The van der Waals surface area contributed by atoms with E-state index in [2.05, 4.69) is 24.7 Å². The lowest BCUT2D eigenvalue weighted by Gasteiger charge is -2.58. The number of likely N-dealkylation sites (tertiary alicyclic amines) is 1. The van der Waals surface area contributed by atoms with Crippen molar-refractivity contribution in [2.45, 2.75) is 71.6 Å². The molecule has 1 saturated carbocycles. The minimum Gasteiger partial charge on any atom is -0.471 e. The highest BCUT2D eigenvalue weighted by atomic mass is 28.3. The second-order valence-corrected chi connectivity index (χ2v) is 17.0. The van der Waals surface area contributed by atoms with E-state index in [0.29, 0.717) is 32.2 Å². The molecular formula is C21H36N4O6Si. The average Bonchev–Trinajstić information content (AvgIpc) is 2.97. The van der Waals surface area contributed by atoms with Crippen molar-refractivity contribution in [1.29, 1.82) is 0 Å². The van der Waals surface area contributed by atoms with Crippen molar-refractivity contribution in [3.05, 3.63) is 16.3 Å². The highest BCUT2D eigenvalue weighted by molar-refractivity contribution is 6.76. The lowest BCUT2D eigenvalue weighted by Crippen LogP contribution is -2.64. The Hall–Kier alpha value is -2.14. The molecule has 1 aromatic rings. The molecule has 0 aromatic carbocycles. The number of aromatic nitrogens is 2. The van der Waals surface area contributed by atoms with Gasteiger partial charge in [-0.15, -0.1) is 5.10 Å². The zero-order valence-corrected chi connectivity index (χ0v) is 21.0. The molecule has 0 radical (unpaired) electrons. The molecule has 1 aliphatic carbocycles. The summed E-state index contributed by atoms with van der Waals surface area (Å²) in [5.74, 6) is 0.335. The third-order valence-corrected chi connectivity index (χ3v) is 7.43. The molecule has 180 valence electrons. The third kappa shape index (κ3) is 6.44. The molecule has 0 unspecified atom stereocenters. The van der Waals surface area contributed by atoms with Crippen LogP contribution in [0.2, 0.25) is 25.7 Å². The molecule has 0 bridgehead atoms. The van der Waals surface area contributed by atoms with Crippen LogP contribution in [0.15, 0.2) is 6.20 Å². The summed E-state index contributed by atoms with van der Waals surface area (Å²) < 4.78 is 18.2. The molecule has 0 atom stereocenters. The predicted octanol–water partition coefficient (Wildman–Crippen LogP) is 4.13. The van der Waals surface area contributed by atoms with Gasteiger partial charge in [-0.25, -0.2) is 9.48 Å². The molecule has 0 N–H and O–H groups in total. The first-order valence-corrected chi connectivity index (χ1v) is 14.9. The highest BCUT2D eigenvalue weighted by Crippen LogP contribution is 2.52. The van der Waals surface area contributed by atoms with Crippen LogP contribution < -0.4 is 4.74 Å². The Morgan fingerprint density at radius 2 is 1.97 bits per heavy atom. The Morgan fingerprint density at radius 1 is 1.31 bits per heavy atom. The second-order valence-electron chi connectivity index (χ2n) is 11.4. The van der Waals surface area contributed by atoms with Gasteiger partial charge in [0.1, 0.15) is 18.5 Å². The number of rotatable bonds is 9. The maximum Gasteiger partial charge on any atom is 0.410 e. The molecular weight excluding hydrogens is 432 g/mol. The Labute approximate surface area is 190 Å². The first-order valence-electron chi connectivity index (χ1n) is 11.2. The molecule has 1 spiro atoms. The zero-order chi connectivity index (χ0) is 23.7. The van der Waals surface area contributed by atoms with Gasteiger partial charge in [-0.05, 0) is 45.6 Å². The van der Waals surface area contributed by atoms with Crippen LogP contribution in [0.4, 0.5) is 10.5 Å². The standard InChI is InChI=1S/C21H36N4O6Si/c1-20(2,3)31-19(26)23-13-21(14-23)9-16(10-21)12-30-18-17(25(27)28)11-24(22-18)15-29-7-8-32(4,5)6/h11,16H,7-10,12-15H2,1-6H3. The van der Waals surface area contributed by atoms with Crippen molar-refractivity contribution >= 4 is 19.9 Å². The number of nitro groups is 1. The topological polar surface area (TPSA) is 109 Å². The summed E-state index contributed by atoms with van der Waals surface area (Å²) in [6.45, 7) is 14.9. The van der Waals surface area contributed by atoms with Crippen molar-refractivity contribution in [3.8, 4) is 5.88 Å². The molecule has 1 aromatic heterocycles. The number of carbonyl (C=O) groups excluding carboxylic acids is 1. The zero-order valence-electron chi connectivity index (χ0n) is 20.0. The van der Waals surface area contributed by atoms with E-state index < -0.39 is 18.6 Å². The number of ether oxygens (including phenoxy) is 3. The van der Waals surface area contributed by atoms with Gasteiger partial charge in [-0.2, -0.15) is 0 Å². The van der Waals surface area contributed by atoms with E-state index in [1.807, 2.05) is 20.8 Å². The van der Waals surface area contributed by atoms with Crippen LogP contribution in [0.25, 0.3) is 0 Å². The van der Waals surface area contributed by atoms with Crippen LogP contribution in [-0.2, 0) is 16.2 Å². The molecule has 3 rings (SSSR count). The normalized spacial score (nSPS) is 18.2. The van der Waals surface area contributed by atoms with Crippen molar-refractivity contribution < 1.29 is 23.9 Å². The third-order valence-electron chi connectivity index (χ3n) is 5.73. The van der Waals surface area contributed by atoms with Gasteiger partial charge < -0.3 is 19.1 Å². The lowest BCUT2D eigenvalue weighted by atomic mass is 9.58. The number of amides is 1. The van der Waals surface area contributed by atoms with Gasteiger partial charge in [0.15, 0.2) is 0 Å². The molecule has 1 saturated heterocycles. The van der Waals surface area contributed by atoms with Gasteiger partial charge in [0.2, 0.25) is 0 Å². The summed E-state index contributed by atoms with van der Waals surface area (Å²) >= 11 is 0. The Balaban J connectivity index is 1.42. The summed E-state index contributed by atoms with van der Waals surface area (Å²) in [4.78, 5) is 24.7. The van der Waals surface area contributed by atoms with E-state index in [9.17, 15) is 14.9 Å². The number of carbonyl (C=O) groups is 1. The van der Waals surface area contributed by atoms with Gasteiger partial charge in [0.25, 0.3) is 0 Å². The van der Waals surface area contributed by atoms with Gasteiger partial charge >= 0.3 is 17.7 Å². The minimum absolute atomic E-state index is 0.0359. The summed E-state index contributed by atoms with van der Waals surface area (Å²) in [5.41, 5.74) is -0.499. The Morgan fingerprint density at radius 3 is 2.53 bits per heavy atom. The van der Waals surface area contributed by atoms with E-state index in [1.165, 1.54) is 10.9 Å². The smallest absolute Gasteiger partial charge is 0.410 e. The van der Waals surface area contributed by atoms with E-state index >= 15 is 0 Å². The monoisotopic (exact) mass is 468 g/mol. The maximum atomic E-state index is 12.1. The lowest BCUT2D eigenvalue weighted by molar-refractivity contribution is -0.386. The van der Waals surface area contributed by atoms with Crippen molar-refractivity contribution in [2.75, 3.05) is 26.3 Å². The largest absolute Gasteiger partial charge is 0.471 e. The second kappa shape index (κ2) is 9.01. The van der Waals surface area contributed by atoms with Gasteiger partial charge in [-0.3, -0.25) is 10.1 Å². The fraction of sp³-hybridized carbons (Fsp3) is 0.810. The van der Waals surface area contributed by atoms with Gasteiger partial charge in [-0.1, -0.05) is 19.6 Å². The van der Waals surface area contributed by atoms with Gasteiger partial charge in [0.05, 0.1) is 11.5 Å². The highest BCUT2D eigenvalue weighted by Gasteiger charge is 2.54. The van der Waals surface area contributed by atoms with Crippen LogP contribution in [-0.4, -0.2) is 65.7 Å². The summed E-state index contributed by atoms with van der Waals surface area (Å²) in [7, 11) is -1.19. The summed E-state index contributed by atoms with van der Waals surface area (Å²) in [5, 5.41) is 15.6. The fourth-order valence-corrected chi connectivity index (χ4v) is 4.94. The molecule has 2 aliphatic rings. The van der Waals surface area contributed by atoms with Crippen LogP contribution in [0.3, 0.4) is 0 Å². The molecule has 1 amide bonds. The Bertz CT molecular complexity index is 830. The molecule has 2 heterocycles. The van der Waals surface area contributed by atoms with Crippen LogP contribution in [0, 0.1) is 21.4 Å². The molecule has 2 fully saturated rings. The van der Waals surface area contributed by atoms with Crippen LogP contribution >= 0.6 is 0 Å². The first-order chi connectivity index (χ1) is 14.8. The molecule has 11 heteroatoms. The van der Waals surface area contributed by atoms with Crippen LogP contribution in [0.5, 0.6) is 5.88 Å². The van der Waals surface area contributed by atoms with E-state index in [0.717, 1.165) is 18.9 Å². The summed E-state index contributed by atoms with van der Waals surface area (Å²) in [6.07, 6.45) is 2.95. The van der Waals surface area contributed by atoms with Crippen molar-refractivity contribution in [2.24, 2.45) is 11.3 Å². The average molecular weight is 469 g/mol. The molecule has 32 heavy (non-hydrogen) atoms. The van der Waals surface area contributed by atoms with E-state index in [4.69, 9.17) is 14.2 Å². The van der Waals surface area contributed by atoms with Crippen LogP contribution in [0.1, 0.15) is 33.6 Å². The SMILES string of the molecule is CC(C)(C)OC(=O)N1CC2(CC(COc3nn(COCC[Si](C)(C)C)cc3[N+](=O)[O-])C2)C1. The number of hydrogen-bond acceptors (Lipinski definition) is 7. The maximum absolute atomic E-state index is 12.1. The predicted molar refractivity (Wildman–Crippen MR) is 121 cm³/mol. The number of nitrogens with zero attached hydrogens (tertiary/aromatic N) is 4. The minimum atomic E-state index is -1.19. The molecule has 10 nitrogen and oxygen atoms in total. The Kier molecular flexibility index (Phi) is 6.90. The first kappa shape index (κ1) is 24.5. The molecule has 1 aliphatic heterocycles. The fourth-order valence-electron chi connectivity index (χ4n) is 4.18. The van der Waals surface area contributed by atoms with Crippen molar-refractivity contribution in [3.63, 3.8) is 0 Å². The van der Waals surface area contributed by atoms with Crippen molar-refractivity contribution in [1.82, 2.24) is 14.7 Å². The summed E-state index contributed by atoms with van der Waals surface area (Å²) in [6, 6.07) is 1.02. The van der Waals surface area contributed by atoms with E-state index in [-0.39, 0.29) is 29.8 Å².